The van der Waals surface area contributed by atoms with Crippen LogP contribution >= 0.6 is 0 Å². The number of ether oxygens (including phenoxy) is 1. The zero-order chi connectivity index (χ0) is 28.2. The van der Waals surface area contributed by atoms with Crippen molar-refractivity contribution in [1.29, 1.82) is 0 Å². The first-order chi connectivity index (χ1) is 19.1. The highest BCUT2D eigenvalue weighted by molar-refractivity contribution is 5.84. The number of nitrogens with one attached hydrogen (secondary N) is 1. The van der Waals surface area contributed by atoms with Gasteiger partial charge in [0, 0.05) is 56.8 Å². The molecule has 3 aromatic heterocycles. The molecule has 1 aromatic carbocycles. The van der Waals surface area contributed by atoms with Crippen molar-refractivity contribution >= 4 is 10.9 Å². The van der Waals surface area contributed by atoms with E-state index in [0.717, 1.165) is 41.4 Å². The maximum absolute atomic E-state index is 14.4. The van der Waals surface area contributed by atoms with Gasteiger partial charge in [-0.05, 0) is 43.0 Å². The molecule has 6 rings (SSSR count). The fourth-order valence-electron chi connectivity index (χ4n) is 6.21. The molecule has 0 amide bonds. The Bertz CT molecular complexity index is 1600. The predicted octanol–water partition coefficient (Wildman–Crippen LogP) is 4.49. The van der Waals surface area contributed by atoms with Gasteiger partial charge in [0.15, 0.2) is 0 Å². The SMILES string of the molecule is CO[C@@H]1CCN(Cc2cc3c(C(F)(F)F)cn(-c4cccc(C5(c6nncn6C)CCC5)c4)c(=O)c3[nH]2)C[C@@H]1F. The molecular weight excluding hydrogens is 528 g/mol. The van der Waals surface area contributed by atoms with Crippen LogP contribution < -0.4 is 5.56 Å². The van der Waals surface area contributed by atoms with Crippen molar-refractivity contribution in [3.05, 3.63) is 75.9 Å². The number of nitrogens with zero attached hydrogens (tertiary/aromatic N) is 5. The summed E-state index contributed by atoms with van der Waals surface area (Å²) in [5, 5.41) is 8.13. The van der Waals surface area contributed by atoms with Crippen LogP contribution in [-0.2, 0) is 29.9 Å². The second-order valence-corrected chi connectivity index (χ2v) is 10.9. The Kier molecular flexibility index (Phi) is 6.57. The first kappa shape index (κ1) is 26.7. The van der Waals surface area contributed by atoms with Gasteiger partial charge in [0.05, 0.1) is 17.1 Å². The lowest BCUT2D eigenvalue weighted by Gasteiger charge is -2.41. The molecule has 1 aliphatic heterocycles. The summed E-state index contributed by atoms with van der Waals surface area (Å²) in [6.45, 7) is 0.826. The lowest BCUT2D eigenvalue weighted by Crippen LogP contribution is -2.44. The van der Waals surface area contributed by atoms with E-state index in [-0.39, 0.29) is 24.0 Å². The minimum atomic E-state index is -4.69. The monoisotopic (exact) mass is 558 g/mol. The number of likely N-dealkylation sites (tertiary alicyclic amines) is 1. The summed E-state index contributed by atoms with van der Waals surface area (Å²) in [4.78, 5) is 18.4. The highest BCUT2D eigenvalue weighted by Crippen LogP contribution is 2.48. The topological polar surface area (TPSA) is 81.0 Å². The van der Waals surface area contributed by atoms with Crippen molar-refractivity contribution < 1.29 is 22.3 Å². The fourth-order valence-corrected chi connectivity index (χ4v) is 6.21. The predicted molar refractivity (Wildman–Crippen MR) is 140 cm³/mol. The molecule has 0 spiro atoms. The van der Waals surface area contributed by atoms with E-state index >= 15 is 0 Å². The second kappa shape index (κ2) is 9.84. The van der Waals surface area contributed by atoms with Crippen LogP contribution in [0.15, 0.2) is 47.7 Å². The number of pyridine rings is 1. The average Bonchev–Trinajstić information content (AvgIpc) is 3.50. The van der Waals surface area contributed by atoms with Gasteiger partial charge in [0.25, 0.3) is 5.56 Å². The van der Waals surface area contributed by atoms with Gasteiger partial charge in [-0.3, -0.25) is 14.3 Å². The molecule has 0 bridgehead atoms. The maximum Gasteiger partial charge on any atom is 0.418 e. The van der Waals surface area contributed by atoms with Crippen molar-refractivity contribution in [3.8, 4) is 5.69 Å². The first-order valence-electron chi connectivity index (χ1n) is 13.3. The van der Waals surface area contributed by atoms with Gasteiger partial charge in [-0.15, -0.1) is 10.2 Å². The molecule has 4 aromatic rings. The Morgan fingerprint density at radius 3 is 2.65 bits per heavy atom. The van der Waals surface area contributed by atoms with Gasteiger partial charge in [-0.2, -0.15) is 13.2 Å². The van der Waals surface area contributed by atoms with Gasteiger partial charge in [0.1, 0.15) is 23.8 Å². The minimum absolute atomic E-state index is 0.101. The number of rotatable bonds is 6. The molecule has 8 nitrogen and oxygen atoms in total. The molecule has 1 saturated carbocycles. The summed E-state index contributed by atoms with van der Waals surface area (Å²) < 4.78 is 65.3. The van der Waals surface area contributed by atoms with Gasteiger partial charge >= 0.3 is 6.18 Å². The lowest BCUT2D eigenvalue weighted by molar-refractivity contribution is -0.136. The van der Waals surface area contributed by atoms with Crippen LogP contribution in [0, 0.1) is 0 Å². The van der Waals surface area contributed by atoms with E-state index in [0.29, 0.717) is 24.3 Å². The highest BCUT2D eigenvalue weighted by Gasteiger charge is 2.44. The normalized spacial score (nSPS) is 21.6. The molecule has 0 radical (unpaired) electrons. The maximum atomic E-state index is 14.4. The summed E-state index contributed by atoms with van der Waals surface area (Å²) >= 11 is 0. The van der Waals surface area contributed by atoms with Crippen molar-refractivity contribution in [3.63, 3.8) is 0 Å². The van der Waals surface area contributed by atoms with E-state index in [1.54, 1.807) is 24.5 Å². The summed E-state index contributed by atoms with van der Waals surface area (Å²) in [5.74, 6) is 0.786. The summed E-state index contributed by atoms with van der Waals surface area (Å²) in [5.41, 5.74) is -0.418. The molecule has 1 saturated heterocycles. The highest BCUT2D eigenvalue weighted by atomic mass is 19.4. The third-order valence-corrected chi connectivity index (χ3v) is 8.45. The zero-order valence-corrected chi connectivity index (χ0v) is 22.2. The molecule has 4 heterocycles. The van der Waals surface area contributed by atoms with Crippen molar-refractivity contribution in [1.82, 2.24) is 29.2 Å². The number of halogens is 4. The molecule has 12 heteroatoms. The smallest absolute Gasteiger partial charge is 0.378 e. The number of aromatic nitrogens is 5. The van der Waals surface area contributed by atoms with E-state index in [4.69, 9.17) is 4.74 Å². The number of methoxy groups -OCH3 is 1. The third-order valence-electron chi connectivity index (χ3n) is 8.45. The van der Waals surface area contributed by atoms with Crippen LogP contribution in [0.4, 0.5) is 17.6 Å². The molecule has 2 atom stereocenters. The largest absolute Gasteiger partial charge is 0.418 e. The van der Waals surface area contributed by atoms with Gasteiger partial charge in [-0.25, -0.2) is 4.39 Å². The Hall–Kier alpha value is -3.51. The Labute approximate surface area is 227 Å². The summed E-state index contributed by atoms with van der Waals surface area (Å²) in [6.07, 6.45) is -0.769. The van der Waals surface area contributed by atoms with Crippen LogP contribution in [0.2, 0.25) is 0 Å². The quantitative estimate of drug-likeness (QED) is 0.353. The van der Waals surface area contributed by atoms with E-state index in [1.165, 1.54) is 13.2 Å². The summed E-state index contributed by atoms with van der Waals surface area (Å²) in [7, 11) is 3.33. The Morgan fingerprint density at radius 1 is 1.23 bits per heavy atom. The molecule has 1 aliphatic carbocycles. The van der Waals surface area contributed by atoms with Crippen molar-refractivity contribution in [2.75, 3.05) is 20.2 Å². The number of piperidine rings is 1. The number of benzene rings is 1. The third kappa shape index (κ3) is 4.43. The zero-order valence-electron chi connectivity index (χ0n) is 22.2. The molecular formula is C28H30F4N6O2. The van der Waals surface area contributed by atoms with E-state index < -0.39 is 35.0 Å². The van der Waals surface area contributed by atoms with E-state index in [2.05, 4.69) is 15.2 Å². The Morgan fingerprint density at radius 2 is 2.02 bits per heavy atom. The van der Waals surface area contributed by atoms with Gasteiger partial charge in [-0.1, -0.05) is 18.6 Å². The summed E-state index contributed by atoms with van der Waals surface area (Å²) in [6, 6.07) is 8.43. The van der Waals surface area contributed by atoms with Crippen LogP contribution in [0.25, 0.3) is 16.6 Å². The van der Waals surface area contributed by atoms with Gasteiger partial charge < -0.3 is 14.3 Å². The molecule has 2 fully saturated rings. The number of H-pyrrole nitrogens is 1. The number of fused-ring (bicyclic) bond motifs is 1. The lowest BCUT2D eigenvalue weighted by atomic mass is 9.63. The van der Waals surface area contributed by atoms with Gasteiger partial charge in [0.2, 0.25) is 0 Å². The molecule has 0 unspecified atom stereocenters. The Balaban J connectivity index is 1.41. The molecule has 40 heavy (non-hydrogen) atoms. The van der Waals surface area contributed by atoms with Crippen LogP contribution in [0.1, 0.15) is 48.3 Å². The second-order valence-electron chi connectivity index (χ2n) is 10.9. The van der Waals surface area contributed by atoms with Crippen LogP contribution in [0.5, 0.6) is 0 Å². The average molecular weight is 559 g/mol. The van der Waals surface area contributed by atoms with Crippen molar-refractivity contribution in [2.45, 2.75) is 56.1 Å². The van der Waals surface area contributed by atoms with Crippen LogP contribution in [0.3, 0.4) is 0 Å². The fraction of sp³-hybridized carbons (Fsp3) is 0.464. The van der Waals surface area contributed by atoms with E-state index in [1.807, 2.05) is 22.6 Å². The number of aromatic amines is 1. The standard InChI is InChI=1S/C28H30F4N6O2/c1-36-16-33-35-26(36)27(8-4-9-27)17-5-3-6-19(11-17)38-14-21(28(30,31)32)20-12-18(34-24(20)25(38)39)13-37-10-7-23(40-2)22(29)15-37/h3,5-6,11-12,14,16,22-23,34H,4,7-10,13,15H2,1-2H3/t22-,23+/m0/s1. The molecule has 2 aliphatic rings. The van der Waals surface area contributed by atoms with Crippen LogP contribution in [-0.4, -0.2) is 61.7 Å². The first-order valence-corrected chi connectivity index (χ1v) is 13.3. The number of hydrogen-bond acceptors (Lipinski definition) is 5. The molecule has 1 N–H and O–H groups in total. The number of aryl methyl sites for hydroxylation is 1. The number of hydrogen-bond donors (Lipinski definition) is 1. The van der Waals surface area contributed by atoms with Crippen molar-refractivity contribution in [2.24, 2.45) is 7.05 Å². The minimum Gasteiger partial charge on any atom is -0.378 e. The van der Waals surface area contributed by atoms with E-state index in [9.17, 15) is 22.4 Å². The number of alkyl halides is 4. The molecule has 212 valence electrons.